The van der Waals surface area contributed by atoms with Gasteiger partial charge in [0, 0.05) is 28.8 Å². The molecule has 0 amide bonds. The first-order chi connectivity index (χ1) is 14.7. The third-order valence-corrected chi connectivity index (χ3v) is 5.60. The van der Waals surface area contributed by atoms with Crippen LogP contribution in [-0.4, -0.2) is 42.3 Å². The first-order valence-electron chi connectivity index (χ1n) is 9.92. The minimum Gasteiger partial charge on any atom is -0.494 e. The van der Waals surface area contributed by atoms with Crippen LogP contribution in [-0.2, 0) is 11.5 Å². The Morgan fingerprint density at radius 3 is 2.67 bits per heavy atom. The molecular weight excluding hydrogens is 398 g/mol. The zero-order valence-electron chi connectivity index (χ0n) is 17.2. The molecule has 6 nitrogen and oxygen atoms in total. The minimum atomic E-state index is 0.526. The van der Waals surface area contributed by atoms with E-state index in [1.54, 1.807) is 11.8 Å². The predicted octanol–water partition coefficient (Wildman–Crippen LogP) is 5.25. The molecule has 30 heavy (non-hydrogen) atoms. The number of nitrogens with zero attached hydrogens (tertiary/aromatic N) is 3. The van der Waals surface area contributed by atoms with Crippen LogP contribution >= 0.6 is 11.8 Å². The van der Waals surface area contributed by atoms with Gasteiger partial charge in [-0.1, -0.05) is 18.2 Å². The number of fused-ring (bicyclic) bond motifs is 1. The third kappa shape index (κ3) is 5.23. The lowest BCUT2D eigenvalue weighted by Gasteiger charge is -2.10. The molecule has 4 aromatic rings. The van der Waals surface area contributed by atoms with Crippen LogP contribution in [0.15, 0.2) is 63.6 Å². The lowest BCUT2D eigenvalue weighted by Crippen LogP contribution is -2.15. The number of aromatic nitrogens is 2. The van der Waals surface area contributed by atoms with E-state index in [9.17, 15) is 0 Å². The Bertz CT molecular complexity index is 1070. The number of ether oxygens (including phenoxy) is 1. The van der Waals surface area contributed by atoms with Gasteiger partial charge in [0.15, 0.2) is 0 Å². The van der Waals surface area contributed by atoms with Crippen molar-refractivity contribution in [3.05, 3.63) is 66.2 Å². The Morgan fingerprint density at radius 2 is 1.83 bits per heavy atom. The average Bonchev–Trinajstić information content (AvgIpc) is 3.39. The summed E-state index contributed by atoms with van der Waals surface area (Å²) in [5.41, 5.74) is 2.98. The molecule has 0 radical (unpaired) electrons. The van der Waals surface area contributed by atoms with Gasteiger partial charge in [-0.15, -0.1) is 22.0 Å². The first kappa shape index (κ1) is 20.5. The van der Waals surface area contributed by atoms with E-state index < -0.39 is 0 Å². The Hall–Kier alpha value is -2.77. The van der Waals surface area contributed by atoms with Crippen LogP contribution in [0.3, 0.4) is 0 Å². The van der Waals surface area contributed by atoms with Gasteiger partial charge in [0.2, 0.25) is 11.8 Å². The summed E-state index contributed by atoms with van der Waals surface area (Å²) in [6.07, 6.45) is 2.81. The lowest BCUT2D eigenvalue weighted by atomic mass is 10.2. The van der Waals surface area contributed by atoms with E-state index in [1.165, 1.54) is 5.56 Å². The monoisotopic (exact) mass is 423 g/mol. The molecule has 156 valence electrons. The summed E-state index contributed by atoms with van der Waals surface area (Å²) in [5, 5.41) is 9.51. The number of benzene rings is 2. The highest BCUT2D eigenvalue weighted by molar-refractivity contribution is 7.97. The average molecular weight is 424 g/mol. The zero-order chi connectivity index (χ0) is 20.8. The Balaban J connectivity index is 1.28. The van der Waals surface area contributed by atoms with Gasteiger partial charge in [0.25, 0.3) is 0 Å². The van der Waals surface area contributed by atoms with Crippen molar-refractivity contribution in [1.29, 1.82) is 0 Å². The van der Waals surface area contributed by atoms with E-state index >= 15 is 0 Å². The molecule has 7 heteroatoms. The molecule has 2 aromatic heterocycles. The fraction of sp³-hybridized carbons (Fsp3) is 0.304. The van der Waals surface area contributed by atoms with Crippen LogP contribution in [0.5, 0.6) is 5.75 Å². The standard InChI is InChI=1S/C23H25N3O3S/c1-26(2)12-5-13-27-19-10-8-17(9-11-19)23-25-24-22(29-23)16-30-15-18-14-28-21-7-4-3-6-20(18)21/h3-4,6-11,14H,5,12-13,15-16H2,1-2H3. The maximum Gasteiger partial charge on any atom is 0.247 e. The maximum atomic E-state index is 5.83. The number of hydrogen-bond acceptors (Lipinski definition) is 7. The molecule has 2 aromatic carbocycles. The summed E-state index contributed by atoms with van der Waals surface area (Å²) in [5.74, 6) is 3.47. The molecule has 0 atom stereocenters. The van der Waals surface area contributed by atoms with Crippen LogP contribution < -0.4 is 4.74 Å². The summed E-state index contributed by atoms with van der Waals surface area (Å²) in [6.45, 7) is 1.71. The van der Waals surface area contributed by atoms with E-state index in [1.807, 2.05) is 48.7 Å². The number of hydrogen-bond donors (Lipinski definition) is 0. The highest BCUT2D eigenvalue weighted by Gasteiger charge is 2.10. The molecule has 0 aliphatic rings. The molecule has 0 N–H and O–H groups in total. The second-order valence-electron chi connectivity index (χ2n) is 7.28. The van der Waals surface area contributed by atoms with Crippen LogP contribution in [0.1, 0.15) is 17.9 Å². The molecule has 0 spiro atoms. The van der Waals surface area contributed by atoms with E-state index in [4.69, 9.17) is 13.6 Å². The van der Waals surface area contributed by atoms with Crippen molar-refractivity contribution < 1.29 is 13.6 Å². The molecule has 0 aliphatic heterocycles. The van der Waals surface area contributed by atoms with Crippen LogP contribution in [0, 0.1) is 0 Å². The van der Waals surface area contributed by atoms with Crippen LogP contribution in [0.25, 0.3) is 22.4 Å². The largest absolute Gasteiger partial charge is 0.494 e. The second-order valence-corrected chi connectivity index (χ2v) is 8.27. The van der Waals surface area contributed by atoms with Gasteiger partial charge in [-0.25, -0.2) is 0 Å². The third-order valence-electron chi connectivity index (χ3n) is 4.63. The van der Waals surface area contributed by atoms with Gasteiger partial charge in [-0.3, -0.25) is 0 Å². The van der Waals surface area contributed by atoms with Crippen molar-refractivity contribution in [2.75, 3.05) is 27.2 Å². The summed E-state index contributed by atoms with van der Waals surface area (Å²) < 4.78 is 17.2. The maximum absolute atomic E-state index is 5.83. The van der Waals surface area contributed by atoms with E-state index in [2.05, 4.69) is 35.3 Å². The molecule has 0 saturated heterocycles. The smallest absolute Gasteiger partial charge is 0.247 e. The molecule has 4 rings (SSSR count). The van der Waals surface area contributed by atoms with Gasteiger partial charge >= 0.3 is 0 Å². The fourth-order valence-electron chi connectivity index (χ4n) is 3.09. The van der Waals surface area contributed by atoms with Crippen molar-refractivity contribution >= 4 is 22.7 Å². The van der Waals surface area contributed by atoms with E-state index in [-0.39, 0.29) is 0 Å². The number of furan rings is 1. The predicted molar refractivity (Wildman–Crippen MR) is 120 cm³/mol. The first-order valence-corrected chi connectivity index (χ1v) is 11.1. The number of rotatable bonds is 10. The molecule has 0 bridgehead atoms. The Labute approximate surface area is 180 Å². The summed E-state index contributed by atoms with van der Waals surface area (Å²) in [7, 11) is 4.12. The van der Waals surface area contributed by atoms with Crippen molar-refractivity contribution in [2.45, 2.75) is 17.9 Å². The Kier molecular flexibility index (Phi) is 6.71. The SMILES string of the molecule is CN(C)CCCOc1ccc(-c2nnc(CSCc3coc4ccccc34)o2)cc1. The summed E-state index contributed by atoms with van der Waals surface area (Å²) in [6, 6.07) is 15.8. The van der Waals surface area contributed by atoms with Crippen molar-refractivity contribution in [3.63, 3.8) is 0 Å². The fourth-order valence-corrected chi connectivity index (χ4v) is 3.92. The van der Waals surface area contributed by atoms with E-state index in [0.29, 0.717) is 24.1 Å². The minimum absolute atomic E-state index is 0.526. The molecule has 0 aliphatic carbocycles. The second kappa shape index (κ2) is 9.82. The highest BCUT2D eigenvalue weighted by atomic mass is 32.2. The molecule has 2 heterocycles. The number of thioether (sulfide) groups is 1. The molecule has 0 fully saturated rings. The van der Waals surface area contributed by atoms with Crippen molar-refractivity contribution in [3.8, 4) is 17.2 Å². The van der Waals surface area contributed by atoms with E-state index in [0.717, 1.165) is 41.0 Å². The highest BCUT2D eigenvalue weighted by Crippen LogP contribution is 2.27. The topological polar surface area (TPSA) is 64.5 Å². The molecule has 0 unspecified atom stereocenters. The van der Waals surface area contributed by atoms with Gasteiger partial charge in [0.1, 0.15) is 11.3 Å². The van der Waals surface area contributed by atoms with Gasteiger partial charge in [-0.05, 0) is 50.8 Å². The summed E-state index contributed by atoms with van der Waals surface area (Å²) >= 11 is 1.72. The lowest BCUT2D eigenvalue weighted by molar-refractivity contribution is 0.281. The van der Waals surface area contributed by atoms with Crippen LogP contribution in [0.4, 0.5) is 0 Å². The molecular formula is C23H25N3O3S. The summed E-state index contributed by atoms with van der Waals surface area (Å²) in [4.78, 5) is 2.15. The van der Waals surface area contributed by atoms with Crippen LogP contribution in [0.2, 0.25) is 0 Å². The van der Waals surface area contributed by atoms with Crippen molar-refractivity contribution in [2.24, 2.45) is 0 Å². The quantitative estimate of drug-likeness (QED) is 0.323. The normalized spacial score (nSPS) is 11.4. The number of para-hydroxylation sites is 1. The van der Waals surface area contributed by atoms with Gasteiger partial charge in [-0.2, -0.15) is 0 Å². The van der Waals surface area contributed by atoms with Gasteiger partial charge in [0.05, 0.1) is 18.6 Å². The van der Waals surface area contributed by atoms with Gasteiger partial charge < -0.3 is 18.5 Å². The molecule has 0 saturated carbocycles. The Morgan fingerprint density at radius 1 is 1.00 bits per heavy atom. The zero-order valence-corrected chi connectivity index (χ0v) is 18.0. The van der Waals surface area contributed by atoms with Crippen molar-refractivity contribution in [1.82, 2.24) is 15.1 Å².